The Labute approximate surface area is 225 Å². The number of nitrogens with zero attached hydrogens (tertiary/aromatic N) is 1. The highest BCUT2D eigenvalue weighted by Gasteiger charge is 2.28. The fourth-order valence-corrected chi connectivity index (χ4v) is 4.61. The van der Waals surface area contributed by atoms with Crippen molar-refractivity contribution in [2.45, 2.75) is 43.1 Å². The van der Waals surface area contributed by atoms with Crippen LogP contribution in [0.15, 0.2) is 77.8 Å². The minimum absolute atomic E-state index is 0.0221. The zero-order valence-corrected chi connectivity index (χ0v) is 22.4. The van der Waals surface area contributed by atoms with Crippen LogP contribution in [-0.4, -0.2) is 48.9 Å². The third-order valence-electron chi connectivity index (χ3n) is 5.33. The number of carbonyl (C=O) groups excluding carboxylic acids is 3. The van der Waals surface area contributed by atoms with Crippen molar-refractivity contribution in [3.63, 3.8) is 0 Å². The van der Waals surface area contributed by atoms with Crippen molar-refractivity contribution >= 4 is 29.6 Å². The predicted molar refractivity (Wildman–Crippen MR) is 142 cm³/mol. The molecule has 0 aliphatic carbocycles. The summed E-state index contributed by atoms with van der Waals surface area (Å²) < 4.78 is 21.2. The van der Waals surface area contributed by atoms with E-state index in [1.54, 1.807) is 11.8 Å². The number of hydrogen-bond donors (Lipinski definition) is 1. The van der Waals surface area contributed by atoms with Gasteiger partial charge in [0.15, 0.2) is 17.2 Å². The van der Waals surface area contributed by atoms with Crippen LogP contribution in [0.1, 0.15) is 42.1 Å². The van der Waals surface area contributed by atoms with E-state index >= 15 is 0 Å². The lowest BCUT2D eigenvalue weighted by atomic mass is 10.1. The molecule has 0 fully saturated rings. The van der Waals surface area contributed by atoms with E-state index in [2.05, 4.69) is 10.3 Å². The van der Waals surface area contributed by atoms with Crippen molar-refractivity contribution in [3.8, 4) is 11.5 Å². The van der Waals surface area contributed by atoms with Gasteiger partial charge in [0.2, 0.25) is 6.79 Å². The molecule has 0 bridgehead atoms. The molecule has 0 saturated carbocycles. The minimum atomic E-state index is -0.989. The van der Waals surface area contributed by atoms with Gasteiger partial charge in [0.25, 0.3) is 5.91 Å². The van der Waals surface area contributed by atoms with Crippen LogP contribution in [0, 0.1) is 0 Å². The van der Waals surface area contributed by atoms with Gasteiger partial charge in [0, 0.05) is 24.1 Å². The Balaban J connectivity index is 1.70. The molecule has 38 heavy (non-hydrogen) atoms. The van der Waals surface area contributed by atoms with Gasteiger partial charge in [-0.2, -0.15) is 0 Å². The predicted octanol–water partition coefficient (Wildman–Crippen LogP) is 4.57. The van der Waals surface area contributed by atoms with Crippen molar-refractivity contribution in [2.75, 3.05) is 13.9 Å². The van der Waals surface area contributed by atoms with Crippen LogP contribution in [-0.2, 0) is 19.1 Å². The first-order valence-electron chi connectivity index (χ1n) is 11.9. The Morgan fingerprint density at radius 1 is 0.974 bits per heavy atom. The highest BCUT2D eigenvalue weighted by molar-refractivity contribution is 7.99. The first-order valence-corrected chi connectivity index (χ1v) is 12.7. The number of benzene rings is 2. The van der Waals surface area contributed by atoms with Gasteiger partial charge < -0.3 is 24.3 Å². The normalized spacial score (nSPS) is 12.9. The molecule has 3 rings (SSSR count). The number of rotatable bonds is 12. The van der Waals surface area contributed by atoms with Crippen LogP contribution in [0.5, 0.6) is 11.5 Å². The second-order valence-corrected chi connectivity index (χ2v) is 9.40. The first kappa shape index (κ1) is 28.5. The van der Waals surface area contributed by atoms with Gasteiger partial charge in [-0.25, -0.2) is 9.78 Å². The van der Waals surface area contributed by atoms with Crippen LogP contribution in [0.4, 0.5) is 0 Å². The maximum absolute atomic E-state index is 13.0. The Morgan fingerprint density at radius 2 is 1.63 bits per heavy atom. The average Bonchev–Trinajstić information content (AvgIpc) is 2.92. The van der Waals surface area contributed by atoms with Crippen LogP contribution in [0.2, 0.25) is 0 Å². The zero-order chi connectivity index (χ0) is 27.5. The molecule has 0 radical (unpaired) electrons. The molecule has 2 unspecified atom stereocenters. The van der Waals surface area contributed by atoms with Crippen molar-refractivity contribution < 1.29 is 33.3 Å². The molecule has 1 N–H and O–H groups in total. The molecule has 10 heteroatoms. The zero-order valence-electron chi connectivity index (χ0n) is 21.6. The Bertz CT molecular complexity index is 1220. The van der Waals surface area contributed by atoms with E-state index in [9.17, 15) is 14.4 Å². The Hall–Kier alpha value is -4.05. The van der Waals surface area contributed by atoms with Crippen molar-refractivity contribution in [1.82, 2.24) is 10.3 Å². The summed E-state index contributed by atoms with van der Waals surface area (Å²) in [5.41, 5.74) is 0.875. The molecule has 1 amide bonds. The molecule has 2 aromatic carbocycles. The standard InChI is InChI=1S/C28H30N2O7S/c1-18(30-27(32)24-25(36-17-35-20(3)31)23(34-4)15-16-29-24)28(33)37-19(2)26(21-11-7-5-8-12-21)38-22-13-9-6-10-14-22/h5-16,18-19,26H,17H2,1-4H3,(H,30,32)/t18-,19?,26?/m0/s1. The van der Waals surface area contributed by atoms with Crippen LogP contribution < -0.4 is 14.8 Å². The largest absolute Gasteiger partial charge is 0.493 e. The number of hydrogen-bond acceptors (Lipinski definition) is 9. The summed E-state index contributed by atoms with van der Waals surface area (Å²) in [7, 11) is 1.40. The summed E-state index contributed by atoms with van der Waals surface area (Å²) in [6.07, 6.45) is 0.856. The topological polar surface area (TPSA) is 113 Å². The van der Waals surface area contributed by atoms with E-state index in [1.165, 1.54) is 33.2 Å². The van der Waals surface area contributed by atoms with Gasteiger partial charge in [0.05, 0.1) is 12.4 Å². The molecule has 9 nitrogen and oxygen atoms in total. The molecule has 0 spiro atoms. The lowest BCUT2D eigenvalue weighted by Gasteiger charge is -2.25. The lowest BCUT2D eigenvalue weighted by molar-refractivity contribution is -0.150. The van der Waals surface area contributed by atoms with E-state index in [4.69, 9.17) is 18.9 Å². The molecule has 0 saturated heterocycles. The van der Waals surface area contributed by atoms with Gasteiger partial charge in [-0.3, -0.25) is 9.59 Å². The Kier molecular flexibility index (Phi) is 10.5. The van der Waals surface area contributed by atoms with Crippen LogP contribution >= 0.6 is 11.8 Å². The maximum Gasteiger partial charge on any atom is 0.328 e. The number of methoxy groups -OCH3 is 1. The van der Waals surface area contributed by atoms with E-state index in [0.29, 0.717) is 0 Å². The number of ether oxygens (including phenoxy) is 4. The molecular formula is C28H30N2O7S. The van der Waals surface area contributed by atoms with E-state index in [1.807, 2.05) is 67.6 Å². The maximum atomic E-state index is 13.0. The summed E-state index contributed by atoms with van der Waals surface area (Å²) in [4.78, 5) is 42.2. The first-order chi connectivity index (χ1) is 18.3. The third kappa shape index (κ3) is 7.97. The van der Waals surface area contributed by atoms with Crippen molar-refractivity contribution in [1.29, 1.82) is 0 Å². The van der Waals surface area contributed by atoms with Crippen molar-refractivity contribution in [3.05, 3.63) is 84.2 Å². The third-order valence-corrected chi connectivity index (χ3v) is 6.79. The van der Waals surface area contributed by atoms with Gasteiger partial charge in [-0.05, 0) is 31.5 Å². The number of esters is 2. The average molecular weight is 539 g/mol. The SMILES string of the molecule is COc1ccnc(C(=O)N[C@@H](C)C(=O)OC(C)C(Sc2ccccc2)c2ccccc2)c1OCOC(C)=O. The molecule has 3 aromatic rings. The number of amides is 1. The van der Waals surface area contributed by atoms with Gasteiger partial charge in [-0.1, -0.05) is 48.5 Å². The fourth-order valence-electron chi connectivity index (χ4n) is 3.46. The highest BCUT2D eigenvalue weighted by atomic mass is 32.2. The fraction of sp³-hybridized carbons (Fsp3) is 0.286. The molecule has 0 aliphatic rings. The number of nitrogens with one attached hydrogen (secondary N) is 1. The summed E-state index contributed by atoms with van der Waals surface area (Å²) in [6.45, 7) is 4.14. The second kappa shape index (κ2) is 14.0. The summed E-state index contributed by atoms with van der Waals surface area (Å²) >= 11 is 1.59. The smallest absolute Gasteiger partial charge is 0.328 e. The Morgan fingerprint density at radius 3 is 2.26 bits per heavy atom. The van der Waals surface area contributed by atoms with Gasteiger partial charge in [0.1, 0.15) is 12.1 Å². The summed E-state index contributed by atoms with van der Waals surface area (Å²) in [5.74, 6) is -1.65. The molecular weight excluding hydrogens is 508 g/mol. The van der Waals surface area contributed by atoms with Crippen molar-refractivity contribution in [2.24, 2.45) is 0 Å². The van der Waals surface area contributed by atoms with E-state index < -0.39 is 36.8 Å². The molecule has 3 atom stereocenters. The number of thioether (sulfide) groups is 1. The van der Waals surface area contributed by atoms with Gasteiger partial charge >= 0.3 is 11.9 Å². The lowest BCUT2D eigenvalue weighted by Crippen LogP contribution is -2.41. The molecule has 200 valence electrons. The number of pyridine rings is 1. The second-order valence-electron chi connectivity index (χ2n) is 8.19. The highest BCUT2D eigenvalue weighted by Crippen LogP contribution is 2.39. The molecule has 0 aliphatic heterocycles. The molecule has 1 aromatic heterocycles. The van der Waals surface area contributed by atoms with Gasteiger partial charge in [-0.15, -0.1) is 11.8 Å². The van der Waals surface area contributed by atoms with Crippen LogP contribution in [0.25, 0.3) is 0 Å². The van der Waals surface area contributed by atoms with Crippen LogP contribution in [0.3, 0.4) is 0 Å². The monoisotopic (exact) mass is 538 g/mol. The minimum Gasteiger partial charge on any atom is -0.493 e. The van der Waals surface area contributed by atoms with E-state index in [-0.39, 0.29) is 22.4 Å². The summed E-state index contributed by atoms with van der Waals surface area (Å²) in [6, 6.07) is 20.1. The molecule has 1 heterocycles. The van der Waals surface area contributed by atoms with E-state index in [0.717, 1.165) is 10.5 Å². The number of carbonyl (C=O) groups is 3. The summed E-state index contributed by atoms with van der Waals surface area (Å²) in [5, 5.41) is 2.42. The number of aromatic nitrogens is 1. The quantitative estimate of drug-likeness (QED) is 0.201.